The Morgan fingerprint density at radius 1 is 0.936 bits per heavy atom. The van der Waals surface area contributed by atoms with E-state index < -0.39 is 12.1 Å². The molecule has 1 unspecified atom stereocenters. The molecule has 3 aromatic rings. The zero-order valence-corrected chi connectivity index (χ0v) is 27.9. The molecule has 13 nitrogen and oxygen atoms in total. The van der Waals surface area contributed by atoms with Crippen molar-refractivity contribution in [3.8, 4) is 17.2 Å². The van der Waals surface area contributed by atoms with Gasteiger partial charge < -0.3 is 44.4 Å². The topological polar surface area (TPSA) is 150 Å². The van der Waals surface area contributed by atoms with Gasteiger partial charge in [-0.15, -0.1) is 0 Å². The summed E-state index contributed by atoms with van der Waals surface area (Å²) >= 11 is 0. The van der Waals surface area contributed by atoms with Crippen molar-refractivity contribution >= 4 is 34.4 Å². The SMILES string of the molecule is CC(O)C(=O)O.COc1cc2c(N3CCN(C(=O)Nc4ccc(OC(C)C)cc4)CC3)ncnc2cc1OCCCN1CCCCC1. The molecule has 256 valence electrons. The Labute approximate surface area is 276 Å². The summed E-state index contributed by atoms with van der Waals surface area (Å²) in [7, 11) is 1.66. The van der Waals surface area contributed by atoms with Gasteiger partial charge in [0.15, 0.2) is 11.5 Å². The minimum atomic E-state index is -1.23. The van der Waals surface area contributed by atoms with Crippen LogP contribution in [-0.2, 0) is 4.79 Å². The fourth-order valence-electron chi connectivity index (χ4n) is 5.44. The average molecular weight is 653 g/mol. The molecule has 0 aliphatic carbocycles. The highest BCUT2D eigenvalue weighted by atomic mass is 16.5. The lowest BCUT2D eigenvalue weighted by Crippen LogP contribution is -2.50. The largest absolute Gasteiger partial charge is 0.493 e. The van der Waals surface area contributed by atoms with Gasteiger partial charge in [-0.1, -0.05) is 6.42 Å². The lowest BCUT2D eigenvalue weighted by Gasteiger charge is -2.35. The molecule has 2 aromatic carbocycles. The Balaban J connectivity index is 0.000000762. The third-order valence-electron chi connectivity index (χ3n) is 7.93. The van der Waals surface area contributed by atoms with E-state index in [-0.39, 0.29) is 12.1 Å². The summed E-state index contributed by atoms with van der Waals surface area (Å²) in [5.41, 5.74) is 1.55. The van der Waals surface area contributed by atoms with E-state index in [2.05, 4.69) is 25.1 Å². The van der Waals surface area contributed by atoms with E-state index in [9.17, 15) is 9.59 Å². The number of carboxylic acid groups (broad SMARTS) is 1. The first-order chi connectivity index (χ1) is 22.6. The van der Waals surface area contributed by atoms with E-state index in [1.54, 1.807) is 13.4 Å². The number of carbonyl (C=O) groups excluding carboxylic acids is 1. The first-order valence-electron chi connectivity index (χ1n) is 16.3. The Morgan fingerprint density at radius 3 is 2.23 bits per heavy atom. The van der Waals surface area contributed by atoms with Crippen molar-refractivity contribution < 1.29 is 34.0 Å². The third-order valence-corrected chi connectivity index (χ3v) is 7.93. The van der Waals surface area contributed by atoms with E-state index in [0.717, 1.165) is 41.1 Å². The Kier molecular flexibility index (Phi) is 13.2. The van der Waals surface area contributed by atoms with Crippen LogP contribution in [0.5, 0.6) is 17.2 Å². The van der Waals surface area contributed by atoms with Gasteiger partial charge in [0, 0.05) is 49.9 Å². The molecule has 3 heterocycles. The van der Waals surface area contributed by atoms with Crippen molar-refractivity contribution in [1.82, 2.24) is 19.8 Å². The normalized spacial score (nSPS) is 15.9. The summed E-state index contributed by atoms with van der Waals surface area (Å²) in [6, 6.07) is 11.3. The Morgan fingerprint density at radius 2 is 1.62 bits per heavy atom. The third kappa shape index (κ3) is 10.6. The van der Waals surface area contributed by atoms with Gasteiger partial charge in [-0.2, -0.15) is 0 Å². The number of methoxy groups -OCH3 is 1. The standard InChI is InChI=1S/C31H42N6O4.C3H6O3/c1-23(2)41-25-10-8-24(9-11-25)34-31(38)37-17-15-36(16-18-37)30-26-20-28(39-3)29(21-27(26)32-22-33-30)40-19-7-14-35-12-5-4-6-13-35;1-2(4)3(5)6/h8-11,20-23H,4-7,12-19H2,1-3H3,(H,34,38);2,4H,1H3,(H,5,6). The number of fused-ring (bicyclic) bond motifs is 1. The van der Waals surface area contributed by atoms with Crippen LogP contribution in [0, 0.1) is 0 Å². The van der Waals surface area contributed by atoms with Crippen LogP contribution < -0.4 is 24.4 Å². The van der Waals surface area contributed by atoms with E-state index in [4.69, 9.17) is 24.4 Å². The Hall–Kier alpha value is -4.36. The number of ether oxygens (including phenoxy) is 3. The van der Waals surface area contributed by atoms with E-state index in [1.165, 1.54) is 39.3 Å². The molecule has 47 heavy (non-hydrogen) atoms. The molecule has 0 radical (unpaired) electrons. The van der Waals surface area contributed by atoms with E-state index in [0.29, 0.717) is 44.3 Å². The number of urea groups is 1. The molecular formula is C34H48N6O7. The second kappa shape index (κ2) is 17.5. The highest BCUT2D eigenvalue weighted by Crippen LogP contribution is 2.35. The number of aliphatic carboxylic acids is 1. The van der Waals surface area contributed by atoms with Crippen molar-refractivity contribution in [3.63, 3.8) is 0 Å². The molecule has 2 saturated heterocycles. The first kappa shape index (κ1) is 35.5. The molecule has 0 bridgehead atoms. The lowest BCUT2D eigenvalue weighted by molar-refractivity contribution is -0.145. The first-order valence-corrected chi connectivity index (χ1v) is 16.3. The van der Waals surface area contributed by atoms with Gasteiger partial charge in [-0.25, -0.2) is 19.6 Å². The number of hydrogen-bond acceptors (Lipinski definition) is 10. The maximum atomic E-state index is 12.9. The van der Waals surface area contributed by atoms with Crippen LogP contribution in [0.4, 0.5) is 16.3 Å². The van der Waals surface area contributed by atoms with Crippen LogP contribution >= 0.6 is 0 Å². The predicted molar refractivity (Wildman–Crippen MR) is 181 cm³/mol. The van der Waals surface area contributed by atoms with Crippen molar-refractivity contribution in [2.45, 2.75) is 58.7 Å². The van der Waals surface area contributed by atoms with Gasteiger partial charge in [0.2, 0.25) is 0 Å². The molecular weight excluding hydrogens is 604 g/mol. The quantitative estimate of drug-likeness (QED) is 0.252. The number of aliphatic hydroxyl groups excluding tert-OH is 1. The molecule has 2 aliphatic heterocycles. The molecule has 3 N–H and O–H groups in total. The number of likely N-dealkylation sites (tertiary alicyclic amines) is 1. The maximum Gasteiger partial charge on any atom is 0.332 e. The van der Waals surface area contributed by atoms with E-state index in [1.807, 2.05) is 55.1 Å². The van der Waals surface area contributed by atoms with Gasteiger partial charge in [-0.3, -0.25) is 0 Å². The zero-order valence-electron chi connectivity index (χ0n) is 27.9. The van der Waals surface area contributed by atoms with Gasteiger partial charge >= 0.3 is 12.0 Å². The predicted octanol–water partition coefficient (Wildman–Crippen LogP) is 4.49. The van der Waals surface area contributed by atoms with Crippen LogP contribution in [0.25, 0.3) is 10.9 Å². The average Bonchev–Trinajstić information content (AvgIpc) is 3.07. The number of aliphatic hydroxyl groups is 1. The summed E-state index contributed by atoms with van der Waals surface area (Å²) in [5.74, 6) is 1.82. The zero-order chi connectivity index (χ0) is 33.8. The molecule has 2 fully saturated rings. The summed E-state index contributed by atoms with van der Waals surface area (Å²) in [5, 5.41) is 19.7. The number of nitrogens with zero attached hydrogens (tertiary/aromatic N) is 5. The monoisotopic (exact) mass is 652 g/mol. The second-order valence-electron chi connectivity index (χ2n) is 11.9. The maximum absolute atomic E-state index is 12.9. The number of piperidine rings is 1. The summed E-state index contributed by atoms with van der Waals surface area (Å²) in [6.07, 6.45) is 5.39. The minimum absolute atomic E-state index is 0.106. The number of carbonyl (C=O) groups is 2. The highest BCUT2D eigenvalue weighted by Gasteiger charge is 2.24. The number of benzene rings is 2. The molecule has 1 aromatic heterocycles. The molecule has 1 atom stereocenters. The fraction of sp³-hybridized carbons (Fsp3) is 0.529. The number of rotatable bonds is 11. The molecule has 13 heteroatoms. The fourth-order valence-corrected chi connectivity index (χ4v) is 5.44. The molecule has 5 rings (SSSR count). The van der Waals surface area contributed by atoms with Gasteiger partial charge in [0.25, 0.3) is 0 Å². The number of aromatic nitrogens is 2. The Bertz CT molecular complexity index is 1440. The lowest BCUT2D eigenvalue weighted by atomic mass is 10.1. The van der Waals surface area contributed by atoms with Crippen LogP contribution in [0.1, 0.15) is 46.5 Å². The summed E-state index contributed by atoms with van der Waals surface area (Å²) in [6.45, 7) is 11.8. The smallest absolute Gasteiger partial charge is 0.332 e. The van der Waals surface area contributed by atoms with Gasteiger partial charge in [0.05, 0.1) is 25.3 Å². The van der Waals surface area contributed by atoms with Gasteiger partial charge in [-0.05, 0) is 83.5 Å². The van der Waals surface area contributed by atoms with Crippen molar-refractivity contribution in [3.05, 3.63) is 42.7 Å². The number of amides is 2. The highest BCUT2D eigenvalue weighted by molar-refractivity contribution is 5.92. The van der Waals surface area contributed by atoms with Crippen molar-refractivity contribution in [1.29, 1.82) is 0 Å². The number of anilines is 2. The molecule has 2 amide bonds. The summed E-state index contributed by atoms with van der Waals surface area (Å²) < 4.78 is 17.5. The second-order valence-corrected chi connectivity index (χ2v) is 11.9. The molecule has 0 spiro atoms. The summed E-state index contributed by atoms with van der Waals surface area (Å²) in [4.78, 5) is 38.0. The number of piperazine rings is 1. The van der Waals surface area contributed by atoms with Gasteiger partial charge in [0.1, 0.15) is 24.0 Å². The number of hydrogen-bond donors (Lipinski definition) is 3. The molecule has 2 aliphatic rings. The van der Waals surface area contributed by atoms with E-state index >= 15 is 0 Å². The van der Waals surface area contributed by atoms with Crippen molar-refractivity contribution in [2.24, 2.45) is 0 Å². The minimum Gasteiger partial charge on any atom is -0.493 e. The number of nitrogens with one attached hydrogen (secondary N) is 1. The van der Waals surface area contributed by atoms with Crippen LogP contribution in [0.2, 0.25) is 0 Å². The van der Waals surface area contributed by atoms with Crippen LogP contribution in [0.3, 0.4) is 0 Å². The van der Waals surface area contributed by atoms with Crippen LogP contribution in [-0.4, -0.2) is 114 Å². The van der Waals surface area contributed by atoms with Crippen molar-refractivity contribution in [2.75, 3.05) is 69.7 Å². The number of carboxylic acids is 1. The van der Waals surface area contributed by atoms with Crippen LogP contribution in [0.15, 0.2) is 42.7 Å². The molecule has 0 saturated carbocycles.